The van der Waals surface area contributed by atoms with Crippen molar-refractivity contribution in [2.75, 3.05) is 24.5 Å². The van der Waals surface area contributed by atoms with Gasteiger partial charge in [-0.15, -0.1) is 0 Å². The molecule has 1 aliphatic heterocycles. The molecule has 6 nitrogen and oxygen atoms in total. The van der Waals surface area contributed by atoms with Crippen LogP contribution in [0.15, 0.2) is 60.9 Å². The highest BCUT2D eigenvalue weighted by atomic mass is 16.2. The van der Waals surface area contributed by atoms with Crippen LogP contribution >= 0.6 is 0 Å². The Morgan fingerprint density at radius 3 is 2.71 bits per heavy atom. The Morgan fingerprint density at radius 1 is 1.03 bits per heavy atom. The number of carbonyl (C=O) groups excluding carboxylic acids is 2. The molecule has 31 heavy (non-hydrogen) atoms. The molecule has 1 atom stereocenters. The molecule has 1 fully saturated rings. The Kier molecular flexibility index (Phi) is 4.70. The number of hydrogen-bond acceptors (Lipinski definition) is 4. The largest absolute Gasteiger partial charge is 0.367 e. The number of carbonyl (C=O) groups is 2. The molecule has 0 aliphatic carbocycles. The van der Waals surface area contributed by atoms with Crippen molar-refractivity contribution in [2.45, 2.75) is 19.9 Å². The smallest absolute Gasteiger partial charge is 0.295 e. The molecule has 1 aliphatic rings. The number of aromatic amines is 1. The monoisotopic (exact) mass is 412 g/mol. The first-order valence-corrected chi connectivity index (χ1v) is 10.5. The minimum absolute atomic E-state index is 0.0761. The van der Waals surface area contributed by atoms with Gasteiger partial charge in [0, 0.05) is 71.1 Å². The van der Waals surface area contributed by atoms with E-state index >= 15 is 0 Å². The fourth-order valence-corrected chi connectivity index (χ4v) is 4.67. The van der Waals surface area contributed by atoms with Crippen LogP contribution in [0.1, 0.15) is 23.0 Å². The van der Waals surface area contributed by atoms with Crippen LogP contribution < -0.4 is 4.90 Å². The summed E-state index contributed by atoms with van der Waals surface area (Å²) in [5, 5.41) is 3.04. The number of aryl methyl sites for hydroxylation is 1. The summed E-state index contributed by atoms with van der Waals surface area (Å²) < 4.78 is 0. The zero-order valence-electron chi connectivity index (χ0n) is 17.6. The summed E-state index contributed by atoms with van der Waals surface area (Å²) in [6.07, 6.45) is 3.67. The summed E-state index contributed by atoms with van der Waals surface area (Å²) >= 11 is 0. The number of anilines is 1. The highest BCUT2D eigenvalue weighted by Crippen LogP contribution is 2.29. The van der Waals surface area contributed by atoms with Crippen molar-refractivity contribution in [3.05, 3.63) is 72.2 Å². The molecule has 2 aromatic carbocycles. The lowest BCUT2D eigenvalue weighted by Gasteiger charge is -2.41. The lowest BCUT2D eigenvalue weighted by atomic mass is 10.0. The van der Waals surface area contributed by atoms with E-state index in [1.165, 1.54) is 0 Å². The molecule has 0 spiro atoms. The number of aromatic nitrogens is 2. The quantitative estimate of drug-likeness (QED) is 0.409. The lowest BCUT2D eigenvalue weighted by Crippen LogP contribution is -2.55. The SMILES string of the molecule is Cc1[nH]c2ccccc2c1C(=O)C(=O)N1CCN(c2cccc3cnccc23)CC1C. The third kappa shape index (κ3) is 3.24. The molecular formula is C25H24N4O2. The van der Waals surface area contributed by atoms with Crippen LogP contribution in [0.4, 0.5) is 5.69 Å². The molecular weight excluding hydrogens is 388 g/mol. The van der Waals surface area contributed by atoms with Crippen LogP contribution in [0.25, 0.3) is 21.7 Å². The first kappa shape index (κ1) is 19.3. The van der Waals surface area contributed by atoms with Crippen molar-refractivity contribution >= 4 is 39.1 Å². The number of nitrogens with one attached hydrogen (secondary N) is 1. The van der Waals surface area contributed by atoms with E-state index in [1.54, 1.807) is 11.1 Å². The number of nitrogens with zero attached hydrogens (tertiary/aromatic N) is 3. The van der Waals surface area contributed by atoms with Gasteiger partial charge in [-0.2, -0.15) is 0 Å². The van der Waals surface area contributed by atoms with E-state index in [0.717, 1.165) is 33.1 Å². The Bertz CT molecular complexity index is 1300. The van der Waals surface area contributed by atoms with E-state index in [9.17, 15) is 9.59 Å². The predicted octanol–water partition coefficient (Wildman–Crippen LogP) is 3.94. The number of H-pyrrole nitrogens is 1. The fourth-order valence-electron chi connectivity index (χ4n) is 4.67. The van der Waals surface area contributed by atoms with Gasteiger partial charge >= 0.3 is 0 Å². The summed E-state index contributed by atoms with van der Waals surface area (Å²) in [5.41, 5.74) is 3.23. The van der Waals surface area contributed by atoms with E-state index in [4.69, 9.17) is 0 Å². The number of pyridine rings is 1. The Hall–Kier alpha value is -3.67. The normalized spacial score (nSPS) is 16.8. The van der Waals surface area contributed by atoms with Crippen molar-refractivity contribution in [2.24, 2.45) is 0 Å². The van der Waals surface area contributed by atoms with Crippen molar-refractivity contribution < 1.29 is 9.59 Å². The maximum atomic E-state index is 13.2. The Balaban J connectivity index is 1.38. The summed E-state index contributed by atoms with van der Waals surface area (Å²) in [6.45, 7) is 5.71. The molecule has 1 N–H and O–H groups in total. The lowest BCUT2D eigenvalue weighted by molar-refractivity contribution is -0.128. The number of ketones is 1. The van der Waals surface area contributed by atoms with Gasteiger partial charge in [0.2, 0.25) is 0 Å². The summed E-state index contributed by atoms with van der Waals surface area (Å²) in [4.78, 5) is 37.8. The van der Waals surface area contributed by atoms with E-state index in [1.807, 2.05) is 56.4 Å². The minimum Gasteiger partial charge on any atom is -0.367 e. The van der Waals surface area contributed by atoms with Crippen molar-refractivity contribution in [3.8, 4) is 0 Å². The number of Topliss-reactive ketones (excluding diaryl/α,β-unsaturated/α-hetero) is 1. The van der Waals surface area contributed by atoms with E-state index in [-0.39, 0.29) is 6.04 Å². The standard InChI is InChI=1S/C25H24N4O2/c1-16-15-28(22-9-5-6-18-14-26-11-10-19(18)22)12-13-29(16)25(31)24(30)23-17(2)27-21-8-4-3-7-20(21)23/h3-11,14,16,27H,12-13,15H2,1-2H3. The van der Waals surface area contributed by atoms with Crippen LogP contribution in [0.5, 0.6) is 0 Å². The highest BCUT2D eigenvalue weighted by molar-refractivity contribution is 6.45. The number of para-hydroxylation sites is 1. The van der Waals surface area contributed by atoms with E-state index < -0.39 is 11.7 Å². The second-order valence-electron chi connectivity index (χ2n) is 8.17. The van der Waals surface area contributed by atoms with Gasteiger partial charge in [0.25, 0.3) is 11.7 Å². The first-order chi connectivity index (χ1) is 15.0. The average molecular weight is 412 g/mol. The molecule has 4 aromatic rings. The van der Waals surface area contributed by atoms with Crippen molar-refractivity contribution in [3.63, 3.8) is 0 Å². The number of hydrogen-bond donors (Lipinski definition) is 1. The zero-order chi connectivity index (χ0) is 21.5. The number of piperazine rings is 1. The van der Waals surface area contributed by atoms with Gasteiger partial charge in [-0.25, -0.2) is 0 Å². The summed E-state index contributed by atoms with van der Waals surface area (Å²) in [7, 11) is 0. The molecule has 1 unspecified atom stereocenters. The van der Waals surface area contributed by atoms with Crippen LogP contribution in [-0.4, -0.2) is 52.2 Å². The Labute approximate surface area is 180 Å². The number of amides is 1. The first-order valence-electron chi connectivity index (χ1n) is 10.5. The van der Waals surface area contributed by atoms with Crippen LogP contribution in [0, 0.1) is 6.92 Å². The summed E-state index contributed by atoms with van der Waals surface area (Å²) in [6, 6.07) is 15.7. The maximum Gasteiger partial charge on any atom is 0.295 e. The van der Waals surface area contributed by atoms with Crippen LogP contribution in [0.2, 0.25) is 0 Å². The molecule has 156 valence electrons. The van der Waals surface area contributed by atoms with Gasteiger partial charge in [0.1, 0.15) is 0 Å². The molecule has 2 aromatic heterocycles. The molecule has 5 rings (SSSR count). The third-order valence-electron chi connectivity index (χ3n) is 6.20. The molecule has 0 radical (unpaired) electrons. The molecule has 0 saturated carbocycles. The molecule has 3 heterocycles. The van der Waals surface area contributed by atoms with Crippen LogP contribution in [0.3, 0.4) is 0 Å². The van der Waals surface area contributed by atoms with Crippen molar-refractivity contribution in [1.82, 2.24) is 14.9 Å². The van der Waals surface area contributed by atoms with Gasteiger partial charge in [-0.3, -0.25) is 14.6 Å². The highest BCUT2D eigenvalue weighted by Gasteiger charge is 2.33. The number of rotatable bonds is 3. The van der Waals surface area contributed by atoms with Gasteiger partial charge in [-0.05, 0) is 32.0 Å². The van der Waals surface area contributed by atoms with Gasteiger partial charge < -0.3 is 14.8 Å². The van der Waals surface area contributed by atoms with Crippen molar-refractivity contribution in [1.29, 1.82) is 0 Å². The van der Waals surface area contributed by atoms with E-state index in [0.29, 0.717) is 25.2 Å². The molecule has 1 amide bonds. The Morgan fingerprint density at radius 2 is 1.87 bits per heavy atom. The van der Waals surface area contributed by atoms with Gasteiger partial charge in [0.05, 0.1) is 5.56 Å². The maximum absolute atomic E-state index is 13.2. The summed E-state index contributed by atoms with van der Waals surface area (Å²) in [5.74, 6) is -0.867. The number of fused-ring (bicyclic) bond motifs is 2. The zero-order valence-corrected chi connectivity index (χ0v) is 17.6. The fraction of sp³-hybridized carbons (Fsp3) is 0.240. The second kappa shape index (κ2) is 7.54. The third-order valence-corrected chi connectivity index (χ3v) is 6.20. The minimum atomic E-state index is -0.438. The molecule has 0 bridgehead atoms. The molecule has 1 saturated heterocycles. The molecule has 6 heteroatoms. The van der Waals surface area contributed by atoms with Crippen LogP contribution in [-0.2, 0) is 4.79 Å². The second-order valence-corrected chi connectivity index (χ2v) is 8.17. The van der Waals surface area contributed by atoms with Gasteiger partial charge in [-0.1, -0.05) is 30.3 Å². The topological polar surface area (TPSA) is 69.3 Å². The average Bonchev–Trinajstić information content (AvgIpc) is 3.13. The predicted molar refractivity (Wildman–Crippen MR) is 122 cm³/mol. The number of benzene rings is 2. The van der Waals surface area contributed by atoms with E-state index in [2.05, 4.69) is 27.0 Å². The van der Waals surface area contributed by atoms with Gasteiger partial charge in [0.15, 0.2) is 0 Å².